The minimum Gasteiger partial charge on any atom is -0.368 e. The number of hydrogen-bond acceptors (Lipinski definition) is 2. The molecule has 1 unspecified atom stereocenters. The lowest BCUT2D eigenvalue weighted by Gasteiger charge is -2.21. The van der Waals surface area contributed by atoms with Crippen molar-refractivity contribution >= 4 is 17.9 Å². The van der Waals surface area contributed by atoms with Crippen molar-refractivity contribution in [3.05, 3.63) is 130 Å². The summed E-state index contributed by atoms with van der Waals surface area (Å²) >= 11 is 0. The number of allylic oxidation sites excluding steroid dienone is 4. The summed E-state index contributed by atoms with van der Waals surface area (Å²) in [5, 5.41) is 5.10. The molecule has 0 aromatic heterocycles. The predicted molar refractivity (Wildman–Crippen MR) is 137 cm³/mol. The van der Waals surface area contributed by atoms with Crippen LogP contribution in [0.5, 0.6) is 0 Å². The molecule has 0 bridgehead atoms. The van der Waals surface area contributed by atoms with Crippen LogP contribution < -0.4 is 15.8 Å². The molecule has 4 heteroatoms. The maximum Gasteiger partial charge on any atom is 0.169 e. The smallest absolute Gasteiger partial charge is 0.169 e. The highest BCUT2D eigenvalue weighted by atomic mass is 19.1. The molecule has 0 saturated carbocycles. The average Bonchev–Trinajstić information content (AvgIpc) is 3.22. The minimum absolute atomic E-state index is 0.0190. The molecule has 6 rings (SSSR count). The number of fused-ring (bicyclic) bond motifs is 5. The second-order valence-electron chi connectivity index (χ2n) is 8.73. The van der Waals surface area contributed by atoms with E-state index < -0.39 is 0 Å². The Hall–Kier alpha value is -4.05. The topological polar surface area (TPSA) is 29.1 Å². The van der Waals surface area contributed by atoms with Crippen molar-refractivity contribution in [2.75, 3.05) is 0 Å². The number of carbonyl (C=O) groups is 1. The van der Waals surface area contributed by atoms with Crippen molar-refractivity contribution in [1.29, 1.82) is 0 Å². The van der Waals surface area contributed by atoms with Crippen LogP contribution in [0.2, 0.25) is 0 Å². The Bertz CT molecular complexity index is 1470. The molecule has 3 aliphatic rings. The Kier molecular flexibility index (Phi) is 6.53. The van der Waals surface area contributed by atoms with Gasteiger partial charge in [0, 0.05) is 23.9 Å². The van der Waals surface area contributed by atoms with Gasteiger partial charge in [0.15, 0.2) is 5.78 Å². The number of ketones is 1. The first-order chi connectivity index (χ1) is 17.1. The summed E-state index contributed by atoms with van der Waals surface area (Å²) in [6, 6.07) is 15.1. The summed E-state index contributed by atoms with van der Waals surface area (Å²) in [6.45, 7) is 0. The number of nitrogens with one attached hydrogen (secondary N) is 1. The number of hydrogen-bond donors (Lipinski definition) is 1. The van der Waals surface area contributed by atoms with Crippen LogP contribution in [0.25, 0.3) is 23.3 Å². The number of carbonyl (C=O) groups excluding carboxylic acids is 1. The maximum absolute atomic E-state index is 14.2. The van der Waals surface area contributed by atoms with Gasteiger partial charge in [-0.15, -0.1) is 0 Å². The van der Waals surface area contributed by atoms with Crippen molar-refractivity contribution in [3.63, 3.8) is 0 Å². The van der Waals surface area contributed by atoms with E-state index >= 15 is 0 Å². The van der Waals surface area contributed by atoms with Crippen LogP contribution in [-0.2, 0) is 12.8 Å². The molecule has 0 saturated heterocycles. The molecule has 1 aliphatic heterocycles. The summed E-state index contributed by atoms with van der Waals surface area (Å²) in [5.74, 6) is -0.730. The summed E-state index contributed by atoms with van der Waals surface area (Å²) in [6.07, 6.45) is 17.8. The molecule has 2 nitrogen and oxygen atoms in total. The second kappa shape index (κ2) is 10.1. The lowest BCUT2D eigenvalue weighted by atomic mass is 9.82. The van der Waals surface area contributed by atoms with Crippen molar-refractivity contribution in [2.24, 2.45) is 5.92 Å². The highest BCUT2D eigenvalue weighted by Gasteiger charge is 2.23. The molecule has 0 fully saturated rings. The Balaban J connectivity index is 0.000000313. The van der Waals surface area contributed by atoms with Gasteiger partial charge >= 0.3 is 0 Å². The fourth-order valence-electron chi connectivity index (χ4n) is 4.81. The highest BCUT2D eigenvalue weighted by molar-refractivity contribution is 6.01. The van der Waals surface area contributed by atoms with Crippen LogP contribution >= 0.6 is 0 Å². The molecule has 35 heavy (non-hydrogen) atoms. The summed E-state index contributed by atoms with van der Waals surface area (Å²) < 4.78 is 27.4. The van der Waals surface area contributed by atoms with E-state index in [-0.39, 0.29) is 23.3 Å². The van der Waals surface area contributed by atoms with E-state index in [4.69, 9.17) is 0 Å². The first-order valence-corrected chi connectivity index (χ1v) is 11.8. The Morgan fingerprint density at radius 3 is 2.37 bits per heavy atom. The van der Waals surface area contributed by atoms with Gasteiger partial charge in [0.1, 0.15) is 11.6 Å². The van der Waals surface area contributed by atoms with Gasteiger partial charge in [-0.3, -0.25) is 4.79 Å². The monoisotopic (exact) mass is 465 g/mol. The number of rotatable bonds is 2. The summed E-state index contributed by atoms with van der Waals surface area (Å²) in [5.41, 5.74) is 4.43. The molecule has 0 spiro atoms. The third-order valence-electron chi connectivity index (χ3n) is 6.57. The number of aryl methyl sites for hydroxylation is 1. The van der Waals surface area contributed by atoms with Crippen LogP contribution in [0.4, 0.5) is 8.78 Å². The summed E-state index contributed by atoms with van der Waals surface area (Å²) in [4.78, 5) is 12.9. The van der Waals surface area contributed by atoms with E-state index in [2.05, 4.69) is 23.5 Å². The fraction of sp³-hybridized carbons (Fsp3) is 0.129. The van der Waals surface area contributed by atoms with Crippen LogP contribution in [0.1, 0.15) is 27.9 Å². The minimum atomic E-state index is -0.343. The first-order valence-electron chi connectivity index (χ1n) is 11.8. The van der Waals surface area contributed by atoms with Gasteiger partial charge in [0.2, 0.25) is 0 Å². The zero-order valence-electron chi connectivity index (χ0n) is 19.2. The van der Waals surface area contributed by atoms with Crippen molar-refractivity contribution in [1.82, 2.24) is 5.32 Å². The van der Waals surface area contributed by atoms with Gasteiger partial charge < -0.3 is 5.32 Å². The fourth-order valence-corrected chi connectivity index (χ4v) is 4.81. The molecule has 174 valence electrons. The predicted octanol–water partition coefficient (Wildman–Crippen LogP) is 5.37. The zero-order valence-corrected chi connectivity index (χ0v) is 19.2. The van der Waals surface area contributed by atoms with Gasteiger partial charge in [0.25, 0.3) is 0 Å². The molecule has 2 aliphatic carbocycles. The number of benzene rings is 3. The van der Waals surface area contributed by atoms with E-state index in [1.54, 1.807) is 18.2 Å². The van der Waals surface area contributed by atoms with Crippen LogP contribution in [0.3, 0.4) is 0 Å². The standard InChI is InChI=1S/C25H18F2O.C6H7N/c26-18-9-6-16(7-10-18)25(28)17-5-4-15-8-11-20-19-2-1-3-24(27)22(19)13-12-21(20)23(15)14-17;1-2-4-6-7-5-3-1/h1-3,6-12,14,17H,4-5,13H2;1-7H. The molecule has 3 aromatic carbocycles. The average molecular weight is 466 g/mol. The zero-order chi connectivity index (χ0) is 24.2. The van der Waals surface area contributed by atoms with Crippen molar-refractivity contribution in [2.45, 2.75) is 19.3 Å². The molecule has 1 atom stereocenters. The first kappa shape index (κ1) is 22.7. The molecule has 0 amide bonds. The van der Waals surface area contributed by atoms with Crippen LogP contribution in [-0.4, -0.2) is 5.78 Å². The lowest BCUT2D eigenvalue weighted by molar-refractivity contribution is 0.0946. The lowest BCUT2D eigenvalue weighted by Crippen LogP contribution is -2.37. The SMILES string of the molecule is C1=CC=CNC=C1.O=C(c1ccc(F)cc1)C1C=c2c(ccc3c2=CCc2c(F)cccc2-3)CC1. The normalized spacial score (nSPS) is 16.7. The molecular weight excluding hydrogens is 440 g/mol. The third kappa shape index (κ3) is 4.78. The van der Waals surface area contributed by atoms with Gasteiger partial charge in [-0.1, -0.05) is 48.6 Å². The van der Waals surface area contributed by atoms with E-state index in [1.165, 1.54) is 23.8 Å². The Labute approximate surface area is 203 Å². The van der Waals surface area contributed by atoms with E-state index in [9.17, 15) is 13.6 Å². The number of halogens is 2. The largest absolute Gasteiger partial charge is 0.368 e. The third-order valence-corrected chi connectivity index (χ3v) is 6.57. The Morgan fingerprint density at radius 2 is 1.60 bits per heavy atom. The Morgan fingerprint density at radius 1 is 0.829 bits per heavy atom. The molecule has 3 aromatic rings. The maximum atomic E-state index is 14.2. The highest BCUT2D eigenvalue weighted by Crippen LogP contribution is 2.28. The van der Waals surface area contributed by atoms with Gasteiger partial charge in [-0.2, -0.15) is 0 Å². The van der Waals surface area contributed by atoms with Gasteiger partial charge in [-0.25, -0.2) is 8.78 Å². The van der Waals surface area contributed by atoms with E-state index in [1.807, 2.05) is 48.8 Å². The van der Waals surface area contributed by atoms with E-state index in [0.29, 0.717) is 12.0 Å². The quantitative estimate of drug-likeness (QED) is 0.516. The van der Waals surface area contributed by atoms with Crippen LogP contribution in [0.15, 0.2) is 91.3 Å². The van der Waals surface area contributed by atoms with Crippen molar-refractivity contribution in [3.8, 4) is 11.1 Å². The van der Waals surface area contributed by atoms with Gasteiger partial charge in [0.05, 0.1) is 0 Å². The molecule has 1 heterocycles. The van der Waals surface area contributed by atoms with Crippen LogP contribution in [0, 0.1) is 17.6 Å². The molecular formula is C31H25F2NO. The summed E-state index contributed by atoms with van der Waals surface area (Å²) in [7, 11) is 0. The molecule has 1 N–H and O–H groups in total. The molecule has 0 radical (unpaired) electrons. The number of Topliss-reactive ketones (excluding diaryl/α,β-unsaturated/α-hetero) is 1. The van der Waals surface area contributed by atoms with Gasteiger partial charge in [-0.05, 0) is 94.4 Å². The van der Waals surface area contributed by atoms with E-state index in [0.717, 1.165) is 40.0 Å². The van der Waals surface area contributed by atoms with Crippen molar-refractivity contribution < 1.29 is 13.6 Å². The second-order valence-corrected chi connectivity index (χ2v) is 8.73.